The van der Waals surface area contributed by atoms with Crippen LogP contribution in [0.4, 0.5) is 0 Å². The van der Waals surface area contributed by atoms with Crippen LogP contribution in [0.2, 0.25) is 0 Å². The van der Waals surface area contributed by atoms with Gasteiger partial charge in [0.1, 0.15) is 0 Å². The predicted molar refractivity (Wildman–Crippen MR) is 68.4 cm³/mol. The lowest BCUT2D eigenvalue weighted by atomic mass is 10.1. The molecular weight excluding hydrogens is 232 g/mol. The second-order valence-electron chi connectivity index (χ2n) is 4.05. The zero-order valence-electron chi connectivity index (χ0n) is 10.5. The molecular formula is C12H18N4O2. The minimum Gasteiger partial charge on any atom is -0.352 e. The fourth-order valence-corrected chi connectivity index (χ4v) is 1.33. The molecule has 0 aliphatic heterocycles. The Morgan fingerprint density at radius 3 is 2.28 bits per heavy atom. The van der Waals surface area contributed by atoms with Gasteiger partial charge in [-0.3, -0.25) is 21.1 Å². The van der Waals surface area contributed by atoms with E-state index in [1.165, 1.54) is 0 Å². The molecule has 1 aromatic carbocycles. The number of aryl methyl sites for hydroxylation is 1. The van der Waals surface area contributed by atoms with Crippen LogP contribution in [0.1, 0.15) is 22.8 Å². The van der Waals surface area contributed by atoms with Crippen LogP contribution < -0.4 is 22.1 Å². The average Bonchev–Trinajstić information content (AvgIpc) is 2.29. The van der Waals surface area contributed by atoms with Crippen LogP contribution in [0.5, 0.6) is 0 Å². The average molecular weight is 250 g/mol. The minimum atomic E-state index is -1.92. The fourth-order valence-electron chi connectivity index (χ4n) is 1.33. The van der Waals surface area contributed by atoms with Gasteiger partial charge in [0.05, 0.1) is 0 Å². The Hall–Kier alpha value is -1.92. The number of nitrogens with two attached hydrogens (primary N) is 2. The SMILES string of the molecule is CCNC(=O)C(N)(N)NC(=O)c1ccc(C)cc1. The molecule has 0 aromatic heterocycles. The second-order valence-corrected chi connectivity index (χ2v) is 4.05. The van der Waals surface area contributed by atoms with Gasteiger partial charge in [0.2, 0.25) is 5.79 Å². The molecule has 0 heterocycles. The van der Waals surface area contributed by atoms with Crippen molar-refractivity contribution in [3.63, 3.8) is 0 Å². The maximum atomic E-state index is 11.8. The Morgan fingerprint density at radius 1 is 1.22 bits per heavy atom. The van der Waals surface area contributed by atoms with Crippen molar-refractivity contribution in [2.75, 3.05) is 6.54 Å². The van der Waals surface area contributed by atoms with Crippen LogP contribution in [0, 0.1) is 6.92 Å². The van der Waals surface area contributed by atoms with Crippen LogP contribution >= 0.6 is 0 Å². The van der Waals surface area contributed by atoms with Crippen molar-refractivity contribution in [2.45, 2.75) is 19.6 Å². The molecule has 0 unspecified atom stereocenters. The third kappa shape index (κ3) is 3.54. The van der Waals surface area contributed by atoms with Gasteiger partial charge in [-0.05, 0) is 26.0 Å². The van der Waals surface area contributed by atoms with Crippen LogP contribution in [-0.2, 0) is 4.79 Å². The lowest BCUT2D eigenvalue weighted by molar-refractivity contribution is -0.126. The van der Waals surface area contributed by atoms with Gasteiger partial charge in [0, 0.05) is 12.1 Å². The van der Waals surface area contributed by atoms with Crippen molar-refractivity contribution in [3.8, 4) is 0 Å². The first-order valence-corrected chi connectivity index (χ1v) is 5.62. The standard InChI is InChI=1S/C12H18N4O2/c1-3-15-11(18)12(13,14)16-10(17)9-6-4-8(2)5-7-9/h4-7H,3,13-14H2,1-2H3,(H,15,18)(H,16,17). The number of benzene rings is 1. The summed E-state index contributed by atoms with van der Waals surface area (Å²) >= 11 is 0. The van der Waals surface area contributed by atoms with Crippen molar-refractivity contribution in [1.29, 1.82) is 0 Å². The normalized spacial score (nSPS) is 10.9. The number of carbonyl (C=O) groups is 2. The largest absolute Gasteiger partial charge is 0.352 e. The molecule has 0 spiro atoms. The van der Waals surface area contributed by atoms with E-state index in [1.807, 2.05) is 6.92 Å². The van der Waals surface area contributed by atoms with Gasteiger partial charge in [-0.1, -0.05) is 17.7 Å². The number of amides is 2. The maximum absolute atomic E-state index is 11.8. The van der Waals surface area contributed by atoms with E-state index >= 15 is 0 Å². The number of likely N-dealkylation sites (N-methyl/N-ethyl adjacent to an activating group) is 1. The molecule has 0 radical (unpaired) electrons. The molecule has 0 saturated carbocycles. The molecule has 0 aliphatic rings. The van der Waals surface area contributed by atoms with Gasteiger partial charge >= 0.3 is 0 Å². The number of rotatable bonds is 4. The Labute approximate surface area is 106 Å². The molecule has 0 bridgehead atoms. The molecule has 0 saturated heterocycles. The lowest BCUT2D eigenvalue weighted by Crippen LogP contribution is -2.71. The Balaban J connectivity index is 2.75. The lowest BCUT2D eigenvalue weighted by Gasteiger charge is -2.24. The molecule has 98 valence electrons. The summed E-state index contributed by atoms with van der Waals surface area (Å²) in [5, 5.41) is 4.73. The summed E-state index contributed by atoms with van der Waals surface area (Å²) in [4.78, 5) is 23.3. The summed E-state index contributed by atoms with van der Waals surface area (Å²) in [5.74, 6) is -3.05. The van der Waals surface area contributed by atoms with Crippen molar-refractivity contribution < 1.29 is 9.59 Å². The van der Waals surface area contributed by atoms with Crippen molar-refractivity contribution in [2.24, 2.45) is 11.5 Å². The Morgan fingerprint density at radius 2 is 1.78 bits per heavy atom. The summed E-state index contributed by atoms with van der Waals surface area (Å²) < 4.78 is 0. The summed E-state index contributed by atoms with van der Waals surface area (Å²) in [5.41, 5.74) is 12.5. The van der Waals surface area contributed by atoms with Crippen molar-refractivity contribution >= 4 is 11.8 Å². The third-order valence-electron chi connectivity index (χ3n) is 2.35. The summed E-state index contributed by atoms with van der Waals surface area (Å²) in [6.07, 6.45) is 0. The zero-order valence-corrected chi connectivity index (χ0v) is 10.5. The van der Waals surface area contributed by atoms with Gasteiger partial charge in [-0.25, -0.2) is 0 Å². The van der Waals surface area contributed by atoms with Crippen LogP contribution in [0.3, 0.4) is 0 Å². The van der Waals surface area contributed by atoms with Gasteiger partial charge < -0.3 is 10.6 Å². The highest BCUT2D eigenvalue weighted by Crippen LogP contribution is 2.03. The molecule has 2 amide bonds. The highest BCUT2D eigenvalue weighted by Gasteiger charge is 2.30. The van der Waals surface area contributed by atoms with Crippen molar-refractivity contribution in [1.82, 2.24) is 10.6 Å². The van der Waals surface area contributed by atoms with Gasteiger partial charge in [0.15, 0.2) is 0 Å². The first kappa shape index (κ1) is 14.1. The molecule has 0 atom stereocenters. The zero-order chi connectivity index (χ0) is 13.8. The van der Waals surface area contributed by atoms with E-state index in [9.17, 15) is 9.59 Å². The first-order valence-electron chi connectivity index (χ1n) is 5.62. The first-order chi connectivity index (χ1) is 8.36. The molecule has 6 heteroatoms. The molecule has 0 fully saturated rings. The molecule has 6 nitrogen and oxygen atoms in total. The smallest absolute Gasteiger partial charge is 0.276 e. The topological polar surface area (TPSA) is 110 Å². The molecule has 1 aromatic rings. The number of carbonyl (C=O) groups excluding carboxylic acids is 2. The van der Waals surface area contributed by atoms with Crippen LogP contribution in [-0.4, -0.2) is 24.1 Å². The van der Waals surface area contributed by atoms with E-state index in [0.717, 1.165) is 5.56 Å². The fraction of sp³-hybridized carbons (Fsp3) is 0.333. The van der Waals surface area contributed by atoms with E-state index in [4.69, 9.17) is 11.5 Å². The van der Waals surface area contributed by atoms with Crippen LogP contribution in [0.25, 0.3) is 0 Å². The summed E-state index contributed by atoms with van der Waals surface area (Å²) in [6, 6.07) is 6.85. The van der Waals surface area contributed by atoms with Crippen molar-refractivity contribution in [3.05, 3.63) is 35.4 Å². The van der Waals surface area contributed by atoms with E-state index in [0.29, 0.717) is 12.1 Å². The number of hydrogen-bond donors (Lipinski definition) is 4. The number of nitrogens with one attached hydrogen (secondary N) is 2. The second kappa shape index (κ2) is 5.61. The Bertz CT molecular complexity index is 440. The van der Waals surface area contributed by atoms with Gasteiger partial charge in [-0.2, -0.15) is 0 Å². The maximum Gasteiger partial charge on any atom is 0.276 e. The molecule has 6 N–H and O–H groups in total. The van der Waals surface area contributed by atoms with E-state index < -0.39 is 17.6 Å². The van der Waals surface area contributed by atoms with Crippen LogP contribution in [0.15, 0.2) is 24.3 Å². The van der Waals surface area contributed by atoms with Gasteiger partial charge in [0.25, 0.3) is 11.8 Å². The summed E-state index contributed by atoms with van der Waals surface area (Å²) in [6.45, 7) is 4.03. The van der Waals surface area contributed by atoms with E-state index in [2.05, 4.69) is 10.6 Å². The molecule has 1 rings (SSSR count). The summed E-state index contributed by atoms with van der Waals surface area (Å²) in [7, 11) is 0. The molecule has 18 heavy (non-hydrogen) atoms. The minimum absolute atomic E-state index is 0.384. The van der Waals surface area contributed by atoms with Gasteiger partial charge in [-0.15, -0.1) is 0 Å². The highest BCUT2D eigenvalue weighted by atomic mass is 16.2. The highest BCUT2D eigenvalue weighted by molar-refractivity contribution is 5.98. The third-order valence-corrected chi connectivity index (χ3v) is 2.35. The van der Waals surface area contributed by atoms with E-state index in [-0.39, 0.29) is 0 Å². The molecule has 0 aliphatic carbocycles. The Kier molecular flexibility index (Phi) is 4.41. The monoisotopic (exact) mass is 250 g/mol. The number of hydrogen-bond acceptors (Lipinski definition) is 4. The predicted octanol–water partition coefficient (Wildman–Crippen LogP) is -0.568. The van der Waals surface area contributed by atoms with E-state index in [1.54, 1.807) is 31.2 Å². The quantitative estimate of drug-likeness (QED) is 0.536.